The second-order valence-electron chi connectivity index (χ2n) is 5.45. The summed E-state index contributed by atoms with van der Waals surface area (Å²) in [6.07, 6.45) is 0. The first-order chi connectivity index (χ1) is 11.2. The predicted molar refractivity (Wildman–Crippen MR) is 94.0 cm³/mol. The summed E-state index contributed by atoms with van der Waals surface area (Å²) in [6.45, 7) is 4.86. The molecule has 0 spiro atoms. The number of methoxy groups -OCH3 is 1. The topological polar surface area (TPSA) is 84.5 Å². The summed E-state index contributed by atoms with van der Waals surface area (Å²) >= 11 is 0. The molecule has 0 aliphatic carbocycles. The molecule has 24 heavy (non-hydrogen) atoms. The van der Waals surface area contributed by atoms with Gasteiger partial charge in [0.05, 0.1) is 12.0 Å². The van der Waals surface area contributed by atoms with E-state index in [9.17, 15) is 13.2 Å². The normalized spacial score (nSPS) is 11.0. The van der Waals surface area contributed by atoms with Crippen LogP contribution < -0.4 is 14.8 Å². The molecule has 2 aromatic rings. The monoisotopic (exact) mass is 348 g/mol. The summed E-state index contributed by atoms with van der Waals surface area (Å²) < 4.78 is 33.1. The SMILES string of the molecule is COc1cc(C)c(S(=O)(=O)Nc2ccc(NC(C)=O)cc2)c(C)c1. The molecule has 0 aliphatic heterocycles. The lowest BCUT2D eigenvalue weighted by Crippen LogP contribution is -2.16. The first-order valence-corrected chi connectivity index (χ1v) is 8.77. The number of aryl methyl sites for hydroxylation is 2. The molecule has 0 aromatic heterocycles. The van der Waals surface area contributed by atoms with Crippen LogP contribution in [0.1, 0.15) is 18.1 Å². The standard InChI is InChI=1S/C17H20N2O4S/c1-11-9-16(23-4)10-12(2)17(11)24(21,22)19-15-7-5-14(6-8-15)18-13(3)20/h5-10,19H,1-4H3,(H,18,20). The molecule has 2 N–H and O–H groups in total. The number of hydrogen-bond donors (Lipinski definition) is 2. The molecule has 0 radical (unpaired) electrons. The zero-order valence-electron chi connectivity index (χ0n) is 14.0. The molecule has 0 bridgehead atoms. The summed E-state index contributed by atoms with van der Waals surface area (Å²) in [5.41, 5.74) is 2.23. The van der Waals surface area contributed by atoms with E-state index in [4.69, 9.17) is 4.74 Å². The first-order valence-electron chi connectivity index (χ1n) is 7.28. The Morgan fingerprint density at radius 3 is 1.96 bits per heavy atom. The number of ether oxygens (including phenoxy) is 1. The van der Waals surface area contributed by atoms with Crippen molar-refractivity contribution >= 4 is 27.3 Å². The number of rotatable bonds is 5. The molecule has 0 fully saturated rings. The van der Waals surface area contributed by atoms with Gasteiger partial charge in [-0.2, -0.15) is 0 Å². The maximum Gasteiger partial charge on any atom is 0.262 e. The minimum Gasteiger partial charge on any atom is -0.497 e. The summed E-state index contributed by atoms with van der Waals surface area (Å²) in [7, 11) is -2.19. The van der Waals surface area contributed by atoms with Crippen molar-refractivity contribution in [2.24, 2.45) is 0 Å². The van der Waals surface area contributed by atoms with Crippen LogP contribution >= 0.6 is 0 Å². The Balaban J connectivity index is 2.30. The Kier molecular flexibility index (Phi) is 5.14. The van der Waals surface area contributed by atoms with Crippen LogP contribution in [0.15, 0.2) is 41.3 Å². The van der Waals surface area contributed by atoms with Crippen molar-refractivity contribution in [1.82, 2.24) is 0 Å². The van der Waals surface area contributed by atoms with E-state index in [-0.39, 0.29) is 10.8 Å². The molecule has 0 atom stereocenters. The van der Waals surface area contributed by atoms with E-state index in [1.165, 1.54) is 14.0 Å². The Morgan fingerprint density at radius 2 is 1.50 bits per heavy atom. The highest BCUT2D eigenvalue weighted by atomic mass is 32.2. The van der Waals surface area contributed by atoms with Gasteiger partial charge in [0.15, 0.2) is 0 Å². The molecular formula is C17H20N2O4S. The van der Waals surface area contributed by atoms with Crippen LogP contribution in [0.25, 0.3) is 0 Å². The third-order valence-corrected chi connectivity index (χ3v) is 5.08. The highest BCUT2D eigenvalue weighted by Crippen LogP contribution is 2.27. The largest absolute Gasteiger partial charge is 0.497 e. The van der Waals surface area contributed by atoms with Crippen molar-refractivity contribution in [3.63, 3.8) is 0 Å². The molecular weight excluding hydrogens is 328 g/mol. The molecule has 0 unspecified atom stereocenters. The average molecular weight is 348 g/mol. The number of nitrogens with one attached hydrogen (secondary N) is 2. The molecule has 2 aromatic carbocycles. The van der Waals surface area contributed by atoms with E-state index in [2.05, 4.69) is 10.0 Å². The Hall–Kier alpha value is -2.54. The van der Waals surface area contributed by atoms with Crippen LogP contribution in [-0.2, 0) is 14.8 Å². The van der Waals surface area contributed by atoms with Gasteiger partial charge < -0.3 is 10.1 Å². The van der Waals surface area contributed by atoms with Gasteiger partial charge in [0.1, 0.15) is 5.75 Å². The molecule has 0 saturated heterocycles. The predicted octanol–water partition coefficient (Wildman–Crippen LogP) is 3.07. The Morgan fingerprint density at radius 1 is 1.00 bits per heavy atom. The van der Waals surface area contributed by atoms with Gasteiger partial charge in [-0.05, 0) is 61.4 Å². The average Bonchev–Trinajstić information content (AvgIpc) is 2.47. The smallest absolute Gasteiger partial charge is 0.262 e. The number of sulfonamides is 1. The zero-order valence-corrected chi connectivity index (χ0v) is 14.8. The highest BCUT2D eigenvalue weighted by molar-refractivity contribution is 7.92. The van der Waals surface area contributed by atoms with E-state index in [1.54, 1.807) is 50.2 Å². The summed E-state index contributed by atoms with van der Waals surface area (Å²) in [5, 5.41) is 2.63. The summed E-state index contributed by atoms with van der Waals surface area (Å²) in [5.74, 6) is 0.427. The van der Waals surface area contributed by atoms with Crippen LogP contribution in [0.4, 0.5) is 11.4 Å². The van der Waals surface area contributed by atoms with Crippen molar-refractivity contribution in [3.8, 4) is 5.75 Å². The van der Waals surface area contributed by atoms with E-state index in [0.29, 0.717) is 28.3 Å². The van der Waals surface area contributed by atoms with Crippen LogP contribution in [0.5, 0.6) is 5.75 Å². The maximum atomic E-state index is 12.7. The highest BCUT2D eigenvalue weighted by Gasteiger charge is 2.20. The Bertz CT molecular complexity index is 836. The summed E-state index contributed by atoms with van der Waals surface area (Å²) in [4.78, 5) is 11.2. The van der Waals surface area contributed by atoms with E-state index >= 15 is 0 Å². The maximum absolute atomic E-state index is 12.7. The van der Waals surface area contributed by atoms with Gasteiger partial charge in [-0.3, -0.25) is 9.52 Å². The van der Waals surface area contributed by atoms with Gasteiger partial charge in [0.25, 0.3) is 10.0 Å². The molecule has 6 nitrogen and oxygen atoms in total. The van der Waals surface area contributed by atoms with Crippen molar-refractivity contribution in [1.29, 1.82) is 0 Å². The number of carbonyl (C=O) groups is 1. The zero-order chi connectivity index (χ0) is 17.9. The fourth-order valence-electron chi connectivity index (χ4n) is 2.48. The quantitative estimate of drug-likeness (QED) is 0.870. The molecule has 2 rings (SSSR count). The van der Waals surface area contributed by atoms with Crippen molar-refractivity contribution in [2.45, 2.75) is 25.7 Å². The fourth-order valence-corrected chi connectivity index (χ4v) is 4.00. The minimum atomic E-state index is -3.73. The fraction of sp³-hybridized carbons (Fsp3) is 0.235. The third-order valence-electron chi connectivity index (χ3n) is 3.40. The lowest BCUT2D eigenvalue weighted by Gasteiger charge is -2.14. The second-order valence-corrected chi connectivity index (χ2v) is 7.07. The van der Waals surface area contributed by atoms with Gasteiger partial charge >= 0.3 is 0 Å². The van der Waals surface area contributed by atoms with Gasteiger partial charge in [-0.25, -0.2) is 8.42 Å². The second kappa shape index (κ2) is 6.92. The van der Waals surface area contributed by atoms with Crippen molar-refractivity contribution in [3.05, 3.63) is 47.5 Å². The van der Waals surface area contributed by atoms with Crippen LogP contribution in [-0.4, -0.2) is 21.4 Å². The number of hydrogen-bond acceptors (Lipinski definition) is 4. The van der Waals surface area contributed by atoms with Gasteiger partial charge in [0.2, 0.25) is 5.91 Å². The lowest BCUT2D eigenvalue weighted by atomic mass is 10.1. The molecule has 0 saturated carbocycles. The van der Waals surface area contributed by atoms with Crippen molar-refractivity contribution < 1.29 is 17.9 Å². The molecule has 0 heterocycles. The van der Waals surface area contributed by atoms with Gasteiger partial charge in [-0.1, -0.05) is 0 Å². The van der Waals surface area contributed by atoms with Crippen LogP contribution in [0.2, 0.25) is 0 Å². The molecule has 1 amide bonds. The molecule has 128 valence electrons. The van der Waals surface area contributed by atoms with Crippen LogP contribution in [0, 0.1) is 13.8 Å². The Labute approximate surface area is 141 Å². The van der Waals surface area contributed by atoms with Gasteiger partial charge in [0, 0.05) is 18.3 Å². The van der Waals surface area contributed by atoms with Gasteiger partial charge in [-0.15, -0.1) is 0 Å². The van der Waals surface area contributed by atoms with E-state index in [0.717, 1.165) is 0 Å². The molecule has 7 heteroatoms. The summed E-state index contributed by atoms with van der Waals surface area (Å²) in [6, 6.07) is 9.82. The number of amides is 1. The van der Waals surface area contributed by atoms with Crippen molar-refractivity contribution in [2.75, 3.05) is 17.1 Å². The van der Waals surface area contributed by atoms with E-state index in [1.807, 2.05) is 0 Å². The lowest BCUT2D eigenvalue weighted by molar-refractivity contribution is -0.114. The minimum absolute atomic E-state index is 0.187. The first kappa shape index (κ1) is 17.8. The number of benzene rings is 2. The number of carbonyl (C=O) groups excluding carboxylic acids is 1. The van der Waals surface area contributed by atoms with E-state index < -0.39 is 10.0 Å². The molecule has 0 aliphatic rings. The third kappa shape index (κ3) is 4.05. The number of anilines is 2. The van der Waals surface area contributed by atoms with Crippen LogP contribution in [0.3, 0.4) is 0 Å².